The molecular formula is C18H13ClN2O2. The van der Waals surface area contributed by atoms with E-state index in [4.69, 9.17) is 11.6 Å². The number of carbonyl (C=O) groups is 1. The number of amides is 1. The molecule has 0 saturated heterocycles. The predicted octanol–water partition coefficient (Wildman–Crippen LogP) is 3.96. The molecule has 2 N–H and O–H groups in total. The van der Waals surface area contributed by atoms with Crippen LogP contribution in [0.4, 0.5) is 0 Å². The van der Waals surface area contributed by atoms with Crippen molar-refractivity contribution in [2.45, 2.75) is 0 Å². The lowest BCUT2D eigenvalue weighted by atomic mass is 10.1. The van der Waals surface area contributed by atoms with Crippen molar-refractivity contribution in [3.05, 3.63) is 76.8 Å². The molecule has 0 aromatic heterocycles. The second-order valence-corrected chi connectivity index (χ2v) is 5.41. The highest BCUT2D eigenvalue weighted by Crippen LogP contribution is 2.24. The van der Waals surface area contributed by atoms with Gasteiger partial charge < -0.3 is 5.11 Å². The molecule has 0 spiro atoms. The van der Waals surface area contributed by atoms with Gasteiger partial charge in [-0.05, 0) is 40.6 Å². The van der Waals surface area contributed by atoms with Crippen LogP contribution < -0.4 is 5.43 Å². The molecule has 3 aromatic rings. The zero-order valence-electron chi connectivity index (χ0n) is 12.0. The first-order valence-corrected chi connectivity index (χ1v) is 7.32. The van der Waals surface area contributed by atoms with Gasteiger partial charge in [-0.2, -0.15) is 5.10 Å². The molecule has 4 nitrogen and oxygen atoms in total. The highest BCUT2D eigenvalue weighted by atomic mass is 35.5. The molecule has 0 atom stereocenters. The Bertz CT molecular complexity index is 906. The van der Waals surface area contributed by atoms with Gasteiger partial charge in [-0.3, -0.25) is 4.79 Å². The third-order valence-corrected chi connectivity index (χ3v) is 3.57. The van der Waals surface area contributed by atoms with Gasteiger partial charge in [0.15, 0.2) is 0 Å². The summed E-state index contributed by atoms with van der Waals surface area (Å²) in [5.74, 6) is -0.564. The maximum absolute atomic E-state index is 12.2. The van der Waals surface area contributed by atoms with Crippen molar-refractivity contribution in [1.29, 1.82) is 0 Å². The summed E-state index contributed by atoms with van der Waals surface area (Å²) in [6.07, 6.45) is 1.49. The first kappa shape index (κ1) is 15.1. The number of phenols is 1. The summed E-state index contributed by atoms with van der Waals surface area (Å²) < 4.78 is 0. The third-order valence-electron chi connectivity index (χ3n) is 3.34. The lowest BCUT2D eigenvalue weighted by Crippen LogP contribution is -2.17. The monoisotopic (exact) mass is 324 g/mol. The van der Waals surface area contributed by atoms with Crippen molar-refractivity contribution >= 4 is 34.5 Å². The van der Waals surface area contributed by atoms with Gasteiger partial charge in [0.05, 0.1) is 11.8 Å². The maximum Gasteiger partial charge on any atom is 0.275 e. The van der Waals surface area contributed by atoms with Crippen LogP contribution in [0.2, 0.25) is 5.02 Å². The Balaban J connectivity index is 1.79. The Hall–Kier alpha value is -2.85. The second-order valence-electron chi connectivity index (χ2n) is 4.97. The first-order chi connectivity index (χ1) is 11.1. The number of phenolic OH excluding ortho intramolecular Hbond substituents is 1. The molecule has 0 radical (unpaired) electrons. The third kappa shape index (κ3) is 3.49. The Morgan fingerprint density at radius 3 is 2.52 bits per heavy atom. The van der Waals surface area contributed by atoms with Crippen LogP contribution in [-0.2, 0) is 0 Å². The summed E-state index contributed by atoms with van der Waals surface area (Å²) in [4.78, 5) is 12.2. The van der Waals surface area contributed by atoms with Crippen molar-refractivity contribution < 1.29 is 9.90 Å². The van der Waals surface area contributed by atoms with Gasteiger partial charge in [0.25, 0.3) is 5.91 Å². The van der Waals surface area contributed by atoms with Crippen LogP contribution in [0.3, 0.4) is 0 Å². The lowest BCUT2D eigenvalue weighted by Gasteiger charge is -2.05. The number of carbonyl (C=O) groups excluding carboxylic acids is 1. The van der Waals surface area contributed by atoms with E-state index in [0.717, 1.165) is 16.3 Å². The fourth-order valence-corrected chi connectivity index (χ4v) is 2.42. The number of hydrazone groups is 1. The molecule has 0 fully saturated rings. The highest BCUT2D eigenvalue weighted by Gasteiger charge is 2.11. The van der Waals surface area contributed by atoms with Crippen LogP contribution in [0.1, 0.15) is 15.9 Å². The Labute approximate surface area is 138 Å². The van der Waals surface area contributed by atoms with E-state index in [1.807, 2.05) is 30.3 Å². The van der Waals surface area contributed by atoms with Crippen LogP contribution in [0.15, 0.2) is 65.8 Å². The Kier molecular flexibility index (Phi) is 4.26. The Morgan fingerprint density at radius 2 is 1.78 bits per heavy atom. The van der Waals surface area contributed by atoms with Crippen molar-refractivity contribution in [3.8, 4) is 5.75 Å². The summed E-state index contributed by atoms with van der Waals surface area (Å²) in [7, 11) is 0. The standard InChI is InChI=1S/C18H13ClN2O2/c19-15-7-3-4-12(8-15)11-20-21-18(23)16-9-13-5-1-2-6-14(13)10-17(16)22/h1-11,22H,(H,21,23)/b20-11+. The SMILES string of the molecule is O=C(N/N=C/c1cccc(Cl)c1)c1cc2ccccc2cc1O. The normalized spacial score (nSPS) is 11.0. The maximum atomic E-state index is 12.2. The molecule has 0 bridgehead atoms. The van der Waals surface area contributed by atoms with Crippen LogP contribution in [-0.4, -0.2) is 17.2 Å². The van der Waals surface area contributed by atoms with Crippen molar-refractivity contribution in [3.63, 3.8) is 0 Å². The van der Waals surface area contributed by atoms with E-state index in [-0.39, 0.29) is 11.3 Å². The number of benzene rings is 3. The summed E-state index contributed by atoms with van der Waals surface area (Å²) in [5, 5.41) is 16.2. The van der Waals surface area contributed by atoms with Gasteiger partial charge in [-0.15, -0.1) is 0 Å². The van der Waals surface area contributed by atoms with Crippen LogP contribution in [0, 0.1) is 0 Å². The fraction of sp³-hybridized carbons (Fsp3) is 0. The van der Waals surface area contributed by atoms with Crippen molar-refractivity contribution in [2.24, 2.45) is 5.10 Å². The minimum Gasteiger partial charge on any atom is -0.507 e. The molecule has 3 aromatic carbocycles. The average molecular weight is 325 g/mol. The summed E-state index contributed by atoms with van der Waals surface area (Å²) in [6.45, 7) is 0. The van der Waals surface area contributed by atoms with Gasteiger partial charge in [0, 0.05) is 5.02 Å². The van der Waals surface area contributed by atoms with E-state index in [1.54, 1.807) is 30.3 Å². The number of hydrogen-bond donors (Lipinski definition) is 2. The van der Waals surface area contributed by atoms with Crippen LogP contribution >= 0.6 is 11.6 Å². The molecule has 114 valence electrons. The van der Waals surface area contributed by atoms with Crippen LogP contribution in [0.5, 0.6) is 5.75 Å². The smallest absolute Gasteiger partial charge is 0.275 e. The first-order valence-electron chi connectivity index (χ1n) is 6.94. The number of fused-ring (bicyclic) bond motifs is 1. The van der Waals surface area contributed by atoms with E-state index in [2.05, 4.69) is 10.5 Å². The molecule has 0 heterocycles. The average Bonchev–Trinajstić information content (AvgIpc) is 2.54. The van der Waals surface area contributed by atoms with Gasteiger partial charge in [0.1, 0.15) is 5.75 Å². The van der Waals surface area contributed by atoms with Crippen LogP contribution in [0.25, 0.3) is 10.8 Å². The predicted molar refractivity (Wildman–Crippen MR) is 92.1 cm³/mol. The molecule has 3 rings (SSSR count). The van der Waals surface area contributed by atoms with Crippen molar-refractivity contribution in [2.75, 3.05) is 0 Å². The summed E-state index contributed by atoms with van der Waals surface area (Å²) in [6, 6.07) is 17.8. The van der Waals surface area contributed by atoms with E-state index in [9.17, 15) is 9.90 Å². The van der Waals surface area contributed by atoms with E-state index in [0.29, 0.717) is 5.02 Å². The molecular weight excluding hydrogens is 312 g/mol. The molecule has 1 amide bonds. The topological polar surface area (TPSA) is 61.7 Å². The second kappa shape index (κ2) is 6.50. The number of aromatic hydroxyl groups is 1. The summed E-state index contributed by atoms with van der Waals surface area (Å²) >= 11 is 5.88. The molecule has 5 heteroatoms. The molecule has 0 saturated carbocycles. The molecule has 0 aliphatic carbocycles. The summed E-state index contributed by atoms with van der Waals surface area (Å²) in [5.41, 5.74) is 3.34. The van der Waals surface area contributed by atoms with Crippen molar-refractivity contribution in [1.82, 2.24) is 5.43 Å². The van der Waals surface area contributed by atoms with Gasteiger partial charge in [0.2, 0.25) is 0 Å². The van der Waals surface area contributed by atoms with E-state index in [1.165, 1.54) is 6.21 Å². The van der Waals surface area contributed by atoms with Gasteiger partial charge in [-0.25, -0.2) is 5.43 Å². The Morgan fingerprint density at radius 1 is 1.04 bits per heavy atom. The number of nitrogens with zero attached hydrogens (tertiary/aromatic N) is 1. The quantitative estimate of drug-likeness (QED) is 0.566. The molecule has 0 aliphatic heterocycles. The largest absolute Gasteiger partial charge is 0.507 e. The van der Waals surface area contributed by atoms with E-state index < -0.39 is 5.91 Å². The molecule has 0 aliphatic rings. The number of hydrogen-bond acceptors (Lipinski definition) is 3. The lowest BCUT2D eigenvalue weighted by molar-refractivity contribution is 0.0952. The zero-order chi connectivity index (χ0) is 16.2. The number of nitrogens with one attached hydrogen (secondary N) is 1. The minimum atomic E-state index is -0.480. The van der Waals surface area contributed by atoms with Gasteiger partial charge in [-0.1, -0.05) is 48.0 Å². The number of rotatable bonds is 3. The van der Waals surface area contributed by atoms with Gasteiger partial charge >= 0.3 is 0 Å². The fourth-order valence-electron chi connectivity index (χ4n) is 2.22. The molecule has 23 heavy (non-hydrogen) atoms. The zero-order valence-corrected chi connectivity index (χ0v) is 12.8. The number of halogens is 1. The highest BCUT2D eigenvalue weighted by molar-refractivity contribution is 6.30. The molecule has 0 unspecified atom stereocenters. The minimum absolute atomic E-state index is 0.0841. The van der Waals surface area contributed by atoms with E-state index >= 15 is 0 Å².